The van der Waals surface area contributed by atoms with E-state index in [4.69, 9.17) is 4.74 Å². The Kier molecular flexibility index (Phi) is 5.77. The van der Waals surface area contributed by atoms with Crippen LogP contribution in [0.5, 0.6) is 0 Å². The van der Waals surface area contributed by atoms with E-state index in [9.17, 15) is 8.42 Å². The number of benzene rings is 1. The molecule has 3 rings (SSSR count). The summed E-state index contributed by atoms with van der Waals surface area (Å²) in [7, 11) is -3.37. The third kappa shape index (κ3) is 4.60. The molecule has 2 atom stereocenters. The fraction of sp³-hybridized carbons (Fsp3) is 0.500. The molecule has 0 saturated carbocycles. The van der Waals surface area contributed by atoms with Crippen LogP contribution < -0.4 is 0 Å². The number of sulfonamides is 1. The first kappa shape index (κ1) is 18.4. The minimum absolute atomic E-state index is 0.00711. The Morgan fingerprint density at radius 2 is 2.00 bits per heavy atom. The van der Waals surface area contributed by atoms with Crippen molar-refractivity contribution in [3.8, 4) is 0 Å². The molecule has 25 heavy (non-hydrogen) atoms. The molecule has 0 radical (unpaired) electrons. The van der Waals surface area contributed by atoms with Gasteiger partial charge in [0.2, 0.25) is 10.0 Å². The van der Waals surface area contributed by atoms with Gasteiger partial charge in [0, 0.05) is 13.1 Å². The molecule has 0 bridgehead atoms. The van der Waals surface area contributed by atoms with Crippen molar-refractivity contribution in [1.29, 1.82) is 0 Å². The van der Waals surface area contributed by atoms with Crippen LogP contribution in [0, 0.1) is 12.8 Å². The zero-order chi connectivity index (χ0) is 17.9. The molecular formula is C20H27NO3S. The smallest absolute Gasteiger partial charge is 0.242 e. The highest BCUT2D eigenvalue weighted by Crippen LogP contribution is 2.26. The quantitative estimate of drug-likeness (QED) is 0.780. The maximum atomic E-state index is 12.7. The van der Waals surface area contributed by atoms with Gasteiger partial charge in [-0.25, -0.2) is 8.42 Å². The largest absolute Gasteiger partial charge is 0.376 e. The summed E-state index contributed by atoms with van der Waals surface area (Å²) in [6.45, 7) is 5.78. The third-order valence-electron chi connectivity index (χ3n) is 4.89. The molecule has 1 aromatic carbocycles. The second-order valence-corrected chi connectivity index (χ2v) is 9.00. The Balaban J connectivity index is 1.50. The first-order chi connectivity index (χ1) is 11.9. The van der Waals surface area contributed by atoms with Crippen molar-refractivity contribution in [2.24, 2.45) is 5.92 Å². The average Bonchev–Trinajstić information content (AvgIpc) is 3.07. The first-order valence-corrected chi connectivity index (χ1v) is 10.4. The fourth-order valence-electron chi connectivity index (χ4n) is 3.20. The molecule has 1 saturated heterocycles. The van der Waals surface area contributed by atoms with Gasteiger partial charge in [-0.05, 0) is 43.7 Å². The van der Waals surface area contributed by atoms with Crippen molar-refractivity contribution in [2.75, 3.05) is 19.7 Å². The Morgan fingerprint density at radius 3 is 2.68 bits per heavy atom. The second kappa shape index (κ2) is 7.85. The van der Waals surface area contributed by atoms with Gasteiger partial charge in [-0.1, -0.05) is 48.9 Å². The molecule has 1 heterocycles. The van der Waals surface area contributed by atoms with Crippen LogP contribution >= 0.6 is 0 Å². The fourth-order valence-corrected chi connectivity index (χ4v) is 4.76. The SMILES string of the molecule is Cc1ccc(CCO[C@H]2CCN(S(=O)(=O)C3=CCC(C)C=C3)C2)cc1. The van der Waals surface area contributed by atoms with Gasteiger partial charge < -0.3 is 4.74 Å². The van der Waals surface area contributed by atoms with E-state index < -0.39 is 10.0 Å². The van der Waals surface area contributed by atoms with Crippen molar-refractivity contribution in [3.05, 3.63) is 58.5 Å². The monoisotopic (exact) mass is 361 g/mol. The lowest BCUT2D eigenvalue weighted by Gasteiger charge is -2.19. The van der Waals surface area contributed by atoms with Crippen molar-refractivity contribution in [1.82, 2.24) is 4.31 Å². The molecular weight excluding hydrogens is 334 g/mol. The Hall–Kier alpha value is -1.43. The summed E-state index contributed by atoms with van der Waals surface area (Å²) in [5, 5.41) is 0. The van der Waals surface area contributed by atoms with Gasteiger partial charge >= 0.3 is 0 Å². The predicted octanol–water partition coefficient (Wildman–Crippen LogP) is 3.44. The predicted molar refractivity (Wildman–Crippen MR) is 101 cm³/mol. The molecule has 1 unspecified atom stereocenters. The highest BCUT2D eigenvalue weighted by atomic mass is 32.2. The van der Waals surface area contributed by atoms with Crippen LogP contribution in [0.2, 0.25) is 0 Å². The molecule has 1 aliphatic carbocycles. The van der Waals surface area contributed by atoms with Crippen molar-refractivity contribution >= 4 is 10.0 Å². The molecule has 1 fully saturated rings. The van der Waals surface area contributed by atoms with Crippen LogP contribution in [0.1, 0.15) is 30.9 Å². The zero-order valence-electron chi connectivity index (χ0n) is 15.0. The molecule has 1 aliphatic heterocycles. The van der Waals surface area contributed by atoms with E-state index in [2.05, 4.69) is 38.1 Å². The van der Waals surface area contributed by atoms with Crippen molar-refractivity contribution in [2.45, 2.75) is 39.2 Å². The minimum Gasteiger partial charge on any atom is -0.376 e. The standard InChI is InChI=1S/C20H27NO3S/c1-16-3-7-18(8-4-16)12-14-24-19-11-13-21(15-19)25(22,23)20-9-5-17(2)6-10-20/h3-5,7-10,17,19H,6,11-15H2,1-2H3/t17?,19-/m0/s1. The molecule has 4 nitrogen and oxygen atoms in total. The maximum absolute atomic E-state index is 12.7. The number of ether oxygens (including phenoxy) is 1. The summed E-state index contributed by atoms with van der Waals surface area (Å²) < 4.78 is 32.9. The summed E-state index contributed by atoms with van der Waals surface area (Å²) in [5.41, 5.74) is 2.50. The van der Waals surface area contributed by atoms with Gasteiger partial charge in [-0.3, -0.25) is 0 Å². The summed E-state index contributed by atoms with van der Waals surface area (Å²) in [5.74, 6) is 0.412. The van der Waals surface area contributed by atoms with Gasteiger partial charge in [0.1, 0.15) is 0 Å². The highest BCUT2D eigenvalue weighted by Gasteiger charge is 2.33. The van der Waals surface area contributed by atoms with Gasteiger partial charge in [0.25, 0.3) is 0 Å². The first-order valence-electron chi connectivity index (χ1n) is 9.01. The summed E-state index contributed by atoms with van der Waals surface area (Å²) in [4.78, 5) is 0.436. The van der Waals surface area contributed by atoms with Crippen molar-refractivity contribution in [3.63, 3.8) is 0 Å². The van der Waals surface area contributed by atoms with Gasteiger partial charge in [0.05, 0.1) is 17.6 Å². The minimum atomic E-state index is -3.37. The molecule has 0 spiro atoms. The van der Waals surface area contributed by atoms with E-state index in [0.29, 0.717) is 30.5 Å². The lowest BCUT2D eigenvalue weighted by atomic mass is 10.0. The summed E-state index contributed by atoms with van der Waals surface area (Å²) >= 11 is 0. The summed E-state index contributed by atoms with van der Waals surface area (Å²) in [6, 6.07) is 8.44. The molecule has 1 aromatic rings. The van der Waals surface area contributed by atoms with E-state index in [1.165, 1.54) is 11.1 Å². The molecule has 5 heteroatoms. The van der Waals surface area contributed by atoms with Crippen LogP contribution in [-0.4, -0.2) is 38.5 Å². The highest BCUT2D eigenvalue weighted by molar-refractivity contribution is 7.93. The van der Waals surface area contributed by atoms with E-state index in [1.54, 1.807) is 10.4 Å². The molecule has 0 aromatic heterocycles. The molecule has 2 aliphatic rings. The molecule has 136 valence electrons. The van der Waals surface area contributed by atoms with Crippen LogP contribution in [0.4, 0.5) is 0 Å². The normalized spacial score (nSPS) is 24.5. The van der Waals surface area contributed by atoms with Crippen LogP contribution in [0.3, 0.4) is 0 Å². The molecule has 0 amide bonds. The van der Waals surface area contributed by atoms with Gasteiger partial charge in [-0.2, -0.15) is 4.31 Å². The second-order valence-electron chi connectivity index (χ2n) is 7.06. The number of rotatable bonds is 6. The lowest BCUT2D eigenvalue weighted by Crippen LogP contribution is -2.31. The van der Waals surface area contributed by atoms with Crippen molar-refractivity contribution < 1.29 is 13.2 Å². The molecule has 0 N–H and O–H groups in total. The lowest BCUT2D eigenvalue weighted by molar-refractivity contribution is 0.0659. The Bertz CT molecular complexity index is 750. The number of hydrogen-bond acceptors (Lipinski definition) is 3. The number of aryl methyl sites for hydroxylation is 1. The van der Waals surface area contributed by atoms with E-state index in [0.717, 1.165) is 19.3 Å². The topological polar surface area (TPSA) is 46.6 Å². The Labute approximate surface area is 151 Å². The average molecular weight is 362 g/mol. The number of nitrogens with zero attached hydrogens (tertiary/aromatic N) is 1. The third-order valence-corrected chi connectivity index (χ3v) is 6.80. The van der Waals surface area contributed by atoms with E-state index in [1.807, 2.05) is 12.2 Å². The van der Waals surface area contributed by atoms with Crippen LogP contribution in [0.25, 0.3) is 0 Å². The van der Waals surface area contributed by atoms with E-state index in [-0.39, 0.29) is 6.10 Å². The maximum Gasteiger partial charge on any atom is 0.242 e. The van der Waals surface area contributed by atoms with Gasteiger partial charge in [-0.15, -0.1) is 0 Å². The number of hydrogen-bond donors (Lipinski definition) is 0. The van der Waals surface area contributed by atoms with Crippen LogP contribution in [-0.2, 0) is 21.2 Å². The van der Waals surface area contributed by atoms with E-state index >= 15 is 0 Å². The van der Waals surface area contributed by atoms with Crippen LogP contribution in [0.15, 0.2) is 47.4 Å². The van der Waals surface area contributed by atoms with Gasteiger partial charge in [0.15, 0.2) is 0 Å². The Morgan fingerprint density at radius 1 is 1.24 bits per heavy atom. The number of allylic oxidation sites excluding steroid dienone is 3. The zero-order valence-corrected chi connectivity index (χ0v) is 15.8. The summed E-state index contributed by atoms with van der Waals surface area (Å²) in [6.07, 6.45) is 7.96.